The van der Waals surface area contributed by atoms with Crippen molar-refractivity contribution in [2.45, 2.75) is 26.3 Å². The van der Waals surface area contributed by atoms with Crippen LogP contribution in [-0.2, 0) is 0 Å². The zero-order valence-corrected chi connectivity index (χ0v) is 11.5. The third kappa shape index (κ3) is 1.83. The molecule has 0 aromatic heterocycles. The summed E-state index contributed by atoms with van der Waals surface area (Å²) in [4.78, 5) is 25.7. The van der Waals surface area contributed by atoms with E-state index >= 15 is 0 Å². The fourth-order valence-corrected chi connectivity index (χ4v) is 2.28. The van der Waals surface area contributed by atoms with Crippen LogP contribution in [0.3, 0.4) is 0 Å². The number of hydrogen-bond acceptors (Lipinski definition) is 3. The van der Waals surface area contributed by atoms with Crippen LogP contribution in [0.4, 0.5) is 8.78 Å². The van der Waals surface area contributed by atoms with Gasteiger partial charge in [-0.05, 0) is 25.0 Å². The van der Waals surface area contributed by atoms with Gasteiger partial charge in [-0.25, -0.2) is 8.78 Å². The van der Waals surface area contributed by atoms with Crippen molar-refractivity contribution in [2.24, 2.45) is 11.7 Å². The number of imide groups is 1. The van der Waals surface area contributed by atoms with E-state index in [4.69, 9.17) is 5.73 Å². The van der Waals surface area contributed by atoms with Crippen molar-refractivity contribution < 1.29 is 18.4 Å². The van der Waals surface area contributed by atoms with E-state index in [9.17, 15) is 18.4 Å². The molecule has 20 heavy (non-hydrogen) atoms. The lowest BCUT2D eigenvalue weighted by molar-refractivity contribution is 0.0371. The molecule has 2 rings (SSSR count). The van der Waals surface area contributed by atoms with Gasteiger partial charge in [0.1, 0.15) is 0 Å². The molecule has 4 nitrogen and oxygen atoms in total. The van der Waals surface area contributed by atoms with Crippen LogP contribution in [0.25, 0.3) is 0 Å². The van der Waals surface area contributed by atoms with E-state index < -0.39 is 29.0 Å². The van der Waals surface area contributed by atoms with Crippen LogP contribution in [0.1, 0.15) is 41.5 Å². The van der Waals surface area contributed by atoms with Gasteiger partial charge in [-0.3, -0.25) is 14.5 Å². The molecular formula is C14H16F2N2O2. The van der Waals surface area contributed by atoms with Gasteiger partial charge in [0.2, 0.25) is 0 Å². The van der Waals surface area contributed by atoms with Gasteiger partial charge in [0.15, 0.2) is 11.6 Å². The minimum Gasteiger partial charge on any atom is -0.328 e. The average Bonchev–Trinajstić information content (AvgIpc) is 2.62. The predicted molar refractivity (Wildman–Crippen MR) is 69.2 cm³/mol. The topological polar surface area (TPSA) is 63.4 Å². The molecule has 2 N–H and O–H groups in total. The number of amides is 2. The van der Waals surface area contributed by atoms with E-state index in [0.29, 0.717) is 0 Å². The van der Waals surface area contributed by atoms with Crippen LogP contribution in [0.5, 0.6) is 0 Å². The number of carbonyl (C=O) groups excluding carboxylic acids is 2. The summed E-state index contributed by atoms with van der Waals surface area (Å²) in [6, 6.07) is 1.53. The van der Waals surface area contributed by atoms with Gasteiger partial charge < -0.3 is 5.73 Å². The van der Waals surface area contributed by atoms with Gasteiger partial charge in [0.05, 0.1) is 16.7 Å². The van der Waals surface area contributed by atoms with Crippen LogP contribution in [0.15, 0.2) is 12.1 Å². The summed E-state index contributed by atoms with van der Waals surface area (Å²) >= 11 is 0. The second-order valence-electron chi connectivity index (χ2n) is 5.47. The monoisotopic (exact) mass is 282 g/mol. The van der Waals surface area contributed by atoms with Gasteiger partial charge in [-0.2, -0.15) is 0 Å². The van der Waals surface area contributed by atoms with Gasteiger partial charge >= 0.3 is 0 Å². The third-order valence-corrected chi connectivity index (χ3v) is 4.10. The van der Waals surface area contributed by atoms with E-state index in [1.807, 2.05) is 13.8 Å². The summed E-state index contributed by atoms with van der Waals surface area (Å²) < 4.78 is 26.5. The Morgan fingerprint density at radius 3 is 1.85 bits per heavy atom. The van der Waals surface area contributed by atoms with Crippen molar-refractivity contribution in [1.82, 2.24) is 4.90 Å². The lowest BCUT2D eigenvalue weighted by Gasteiger charge is -2.39. The fourth-order valence-electron chi connectivity index (χ4n) is 2.28. The summed E-state index contributed by atoms with van der Waals surface area (Å²) in [6.07, 6.45) is 0. The summed E-state index contributed by atoms with van der Waals surface area (Å²) in [5.41, 5.74) is 4.58. The molecule has 0 saturated heterocycles. The van der Waals surface area contributed by atoms with Crippen LogP contribution >= 0.6 is 0 Å². The summed E-state index contributed by atoms with van der Waals surface area (Å²) in [5, 5.41) is 0. The van der Waals surface area contributed by atoms with E-state index in [0.717, 1.165) is 17.0 Å². The van der Waals surface area contributed by atoms with Crippen molar-refractivity contribution in [3.8, 4) is 0 Å². The number of fused-ring (bicyclic) bond motifs is 1. The highest BCUT2D eigenvalue weighted by Gasteiger charge is 2.47. The molecule has 1 aromatic rings. The lowest BCUT2D eigenvalue weighted by Crippen LogP contribution is -2.57. The molecule has 0 bridgehead atoms. The van der Waals surface area contributed by atoms with Gasteiger partial charge in [-0.15, -0.1) is 0 Å². The first-order valence-corrected chi connectivity index (χ1v) is 6.32. The van der Waals surface area contributed by atoms with Crippen molar-refractivity contribution in [3.63, 3.8) is 0 Å². The Bertz CT molecular complexity index is 560. The average molecular weight is 282 g/mol. The number of nitrogens with two attached hydrogens (primary N) is 1. The number of benzene rings is 1. The normalized spacial score (nSPS) is 17.6. The maximum Gasteiger partial charge on any atom is 0.262 e. The first kappa shape index (κ1) is 14.6. The van der Waals surface area contributed by atoms with Gasteiger partial charge in [0.25, 0.3) is 11.8 Å². The van der Waals surface area contributed by atoms with E-state index in [1.165, 1.54) is 0 Å². The van der Waals surface area contributed by atoms with Crippen LogP contribution < -0.4 is 5.73 Å². The Morgan fingerprint density at radius 1 is 1.15 bits per heavy atom. The lowest BCUT2D eigenvalue weighted by atomic mass is 9.86. The molecule has 1 aromatic carbocycles. The molecule has 1 heterocycles. The quantitative estimate of drug-likeness (QED) is 0.862. The maximum absolute atomic E-state index is 13.3. The summed E-state index contributed by atoms with van der Waals surface area (Å²) in [5.74, 6) is -3.66. The summed E-state index contributed by atoms with van der Waals surface area (Å²) in [6.45, 7) is 5.42. The molecule has 0 aliphatic carbocycles. The van der Waals surface area contributed by atoms with E-state index in [1.54, 1.807) is 6.92 Å². The van der Waals surface area contributed by atoms with E-state index in [-0.39, 0.29) is 23.6 Å². The Labute approximate surface area is 115 Å². The molecule has 1 unspecified atom stereocenters. The second kappa shape index (κ2) is 4.63. The smallest absolute Gasteiger partial charge is 0.262 e. The highest BCUT2D eigenvalue weighted by molar-refractivity contribution is 6.21. The Morgan fingerprint density at radius 2 is 1.55 bits per heavy atom. The minimum absolute atomic E-state index is 0.0705. The SMILES string of the molecule is CC(C)C(C)(CN)N1C(=O)c2cc(F)c(F)cc2C1=O. The highest BCUT2D eigenvalue weighted by atomic mass is 19.2. The molecule has 2 amide bonds. The Balaban J connectivity index is 2.58. The van der Waals surface area contributed by atoms with Crippen molar-refractivity contribution >= 4 is 11.8 Å². The first-order chi connectivity index (χ1) is 9.24. The van der Waals surface area contributed by atoms with Crippen LogP contribution in [0.2, 0.25) is 0 Å². The number of carbonyl (C=O) groups is 2. The molecule has 0 spiro atoms. The molecule has 6 heteroatoms. The molecule has 1 aliphatic rings. The molecule has 108 valence electrons. The van der Waals surface area contributed by atoms with Gasteiger partial charge in [0, 0.05) is 6.54 Å². The molecule has 1 aliphatic heterocycles. The van der Waals surface area contributed by atoms with E-state index in [2.05, 4.69) is 0 Å². The standard InChI is InChI=1S/C14H16F2N2O2/c1-7(2)14(3,6-17)18-12(19)8-4-10(15)11(16)5-9(8)13(18)20/h4-5,7H,6,17H2,1-3H3. The summed E-state index contributed by atoms with van der Waals surface area (Å²) in [7, 11) is 0. The molecular weight excluding hydrogens is 266 g/mol. The maximum atomic E-state index is 13.3. The molecule has 0 radical (unpaired) electrons. The predicted octanol–water partition coefficient (Wildman–Crippen LogP) is 1.93. The Hall–Kier alpha value is -1.82. The first-order valence-electron chi connectivity index (χ1n) is 6.32. The molecule has 1 atom stereocenters. The van der Waals surface area contributed by atoms with Crippen molar-refractivity contribution in [1.29, 1.82) is 0 Å². The zero-order valence-electron chi connectivity index (χ0n) is 11.5. The number of hydrogen-bond donors (Lipinski definition) is 1. The minimum atomic E-state index is -1.15. The fraction of sp³-hybridized carbons (Fsp3) is 0.429. The van der Waals surface area contributed by atoms with Crippen LogP contribution in [0, 0.1) is 17.6 Å². The third-order valence-electron chi connectivity index (χ3n) is 4.10. The number of halogens is 2. The second-order valence-corrected chi connectivity index (χ2v) is 5.47. The number of rotatable bonds is 3. The van der Waals surface area contributed by atoms with Crippen LogP contribution in [-0.4, -0.2) is 28.8 Å². The van der Waals surface area contributed by atoms with Crippen molar-refractivity contribution in [2.75, 3.05) is 6.54 Å². The Kier molecular flexibility index (Phi) is 3.37. The number of nitrogens with zero attached hydrogens (tertiary/aromatic N) is 1. The highest BCUT2D eigenvalue weighted by Crippen LogP contribution is 2.34. The molecule has 0 saturated carbocycles. The zero-order chi connectivity index (χ0) is 15.2. The molecule has 0 fully saturated rings. The largest absolute Gasteiger partial charge is 0.328 e. The van der Waals surface area contributed by atoms with Gasteiger partial charge in [-0.1, -0.05) is 13.8 Å². The van der Waals surface area contributed by atoms with Crippen molar-refractivity contribution in [3.05, 3.63) is 34.9 Å².